The minimum atomic E-state index is -0.905. The van der Waals surface area contributed by atoms with Crippen LogP contribution in [0, 0.1) is 0 Å². The van der Waals surface area contributed by atoms with Gasteiger partial charge in [0.2, 0.25) is 0 Å². The molecule has 1 aliphatic carbocycles. The molecule has 0 spiro atoms. The standard InChI is InChI=1S/C28H36O3/c1-6-7-8-17-31-25-19-24-23(27(2,3)15-16-28(24,4)5)18-22(25)14-11-20-9-12-21(13-10-20)26(29)30/h9-14,18-19H,6-8,15-17H2,1-5H3,(H,29,30)/b14-11+. The number of hydrogen-bond acceptors (Lipinski definition) is 2. The molecule has 0 fully saturated rings. The fourth-order valence-corrected chi connectivity index (χ4v) is 4.32. The van der Waals surface area contributed by atoms with Gasteiger partial charge in [-0.2, -0.15) is 0 Å². The highest BCUT2D eigenvalue weighted by Crippen LogP contribution is 2.48. The number of hydrogen-bond donors (Lipinski definition) is 1. The van der Waals surface area contributed by atoms with Crippen LogP contribution in [0.5, 0.6) is 5.75 Å². The van der Waals surface area contributed by atoms with Gasteiger partial charge in [-0.05, 0) is 71.0 Å². The Bertz CT molecular complexity index is 949. The maximum Gasteiger partial charge on any atom is 0.335 e. The molecule has 0 amide bonds. The second-order valence-electron chi connectivity index (χ2n) is 10.0. The summed E-state index contributed by atoms with van der Waals surface area (Å²) in [6.07, 6.45) is 9.88. The third-order valence-corrected chi connectivity index (χ3v) is 6.60. The number of ether oxygens (including phenoxy) is 1. The van der Waals surface area contributed by atoms with Crippen molar-refractivity contribution >= 4 is 18.1 Å². The summed E-state index contributed by atoms with van der Waals surface area (Å²) >= 11 is 0. The first-order valence-corrected chi connectivity index (χ1v) is 11.5. The van der Waals surface area contributed by atoms with Gasteiger partial charge in [0.05, 0.1) is 12.2 Å². The molecule has 2 aromatic carbocycles. The minimum Gasteiger partial charge on any atom is -0.493 e. The van der Waals surface area contributed by atoms with Crippen molar-refractivity contribution in [3.05, 3.63) is 64.2 Å². The zero-order chi connectivity index (χ0) is 22.6. The molecule has 0 aliphatic heterocycles. The van der Waals surface area contributed by atoms with Gasteiger partial charge in [-0.25, -0.2) is 4.79 Å². The average molecular weight is 421 g/mol. The molecule has 166 valence electrons. The molecule has 3 nitrogen and oxygen atoms in total. The van der Waals surface area contributed by atoms with Crippen LogP contribution in [0.4, 0.5) is 0 Å². The predicted octanol–water partition coefficient (Wildman–Crippen LogP) is 7.47. The number of benzene rings is 2. The molecule has 0 atom stereocenters. The molecular weight excluding hydrogens is 384 g/mol. The van der Waals surface area contributed by atoms with Gasteiger partial charge in [-0.15, -0.1) is 0 Å². The van der Waals surface area contributed by atoms with Crippen LogP contribution in [-0.2, 0) is 10.8 Å². The van der Waals surface area contributed by atoms with E-state index in [1.165, 1.54) is 36.8 Å². The lowest BCUT2D eigenvalue weighted by Gasteiger charge is -2.42. The van der Waals surface area contributed by atoms with Crippen molar-refractivity contribution < 1.29 is 14.6 Å². The molecule has 0 unspecified atom stereocenters. The number of rotatable bonds is 8. The summed E-state index contributed by atoms with van der Waals surface area (Å²) in [6, 6.07) is 11.6. The lowest BCUT2D eigenvalue weighted by molar-refractivity contribution is 0.0697. The normalized spacial score (nSPS) is 16.8. The number of carboxylic acid groups (broad SMARTS) is 1. The second kappa shape index (κ2) is 9.30. The Morgan fingerprint density at radius 2 is 1.58 bits per heavy atom. The van der Waals surface area contributed by atoms with Crippen LogP contribution in [-0.4, -0.2) is 17.7 Å². The Balaban J connectivity index is 1.98. The molecule has 31 heavy (non-hydrogen) atoms. The summed E-state index contributed by atoms with van der Waals surface area (Å²) in [4.78, 5) is 11.1. The van der Waals surface area contributed by atoms with Gasteiger partial charge in [-0.3, -0.25) is 0 Å². The molecule has 0 aromatic heterocycles. The van der Waals surface area contributed by atoms with Gasteiger partial charge in [0.1, 0.15) is 5.75 Å². The van der Waals surface area contributed by atoms with Crippen molar-refractivity contribution in [1.82, 2.24) is 0 Å². The summed E-state index contributed by atoms with van der Waals surface area (Å²) < 4.78 is 6.28. The van der Waals surface area contributed by atoms with E-state index >= 15 is 0 Å². The van der Waals surface area contributed by atoms with Crippen molar-refractivity contribution in [1.29, 1.82) is 0 Å². The molecule has 3 heteroatoms. The largest absolute Gasteiger partial charge is 0.493 e. The Labute approximate surface area is 187 Å². The Kier molecular flexibility index (Phi) is 6.93. The van der Waals surface area contributed by atoms with E-state index in [9.17, 15) is 4.79 Å². The summed E-state index contributed by atoms with van der Waals surface area (Å²) in [7, 11) is 0. The van der Waals surface area contributed by atoms with Gasteiger partial charge in [0.15, 0.2) is 0 Å². The maximum atomic E-state index is 11.1. The van der Waals surface area contributed by atoms with E-state index in [4.69, 9.17) is 9.84 Å². The lowest BCUT2D eigenvalue weighted by Crippen LogP contribution is -2.34. The maximum absolute atomic E-state index is 11.1. The molecule has 0 saturated carbocycles. The van der Waals surface area contributed by atoms with Crippen molar-refractivity contribution in [2.24, 2.45) is 0 Å². The third kappa shape index (κ3) is 5.39. The average Bonchev–Trinajstić information content (AvgIpc) is 2.73. The SMILES string of the molecule is CCCCCOc1cc2c(cc1/C=C/c1ccc(C(=O)O)cc1)C(C)(C)CCC2(C)C. The van der Waals surface area contributed by atoms with Crippen LogP contribution in [0.1, 0.15) is 99.3 Å². The number of carboxylic acids is 1. The Hall–Kier alpha value is -2.55. The fraction of sp³-hybridized carbons (Fsp3) is 0.464. The highest BCUT2D eigenvalue weighted by Gasteiger charge is 2.37. The van der Waals surface area contributed by atoms with Gasteiger partial charge in [0.25, 0.3) is 0 Å². The summed E-state index contributed by atoms with van der Waals surface area (Å²) in [5.41, 5.74) is 5.44. The Morgan fingerprint density at radius 1 is 0.968 bits per heavy atom. The highest BCUT2D eigenvalue weighted by molar-refractivity contribution is 5.88. The van der Waals surface area contributed by atoms with Gasteiger partial charge >= 0.3 is 5.97 Å². The van der Waals surface area contributed by atoms with E-state index in [0.717, 1.165) is 29.9 Å². The fourth-order valence-electron chi connectivity index (χ4n) is 4.32. The zero-order valence-electron chi connectivity index (χ0n) is 19.6. The smallest absolute Gasteiger partial charge is 0.335 e. The van der Waals surface area contributed by atoms with E-state index in [-0.39, 0.29) is 10.8 Å². The quantitative estimate of drug-likeness (QED) is 0.356. The van der Waals surface area contributed by atoms with Crippen molar-refractivity contribution in [3.8, 4) is 5.75 Å². The van der Waals surface area contributed by atoms with Crippen LogP contribution in [0.15, 0.2) is 36.4 Å². The molecule has 0 heterocycles. The van der Waals surface area contributed by atoms with Crippen LogP contribution in [0.3, 0.4) is 0 Å². The topological polar surface area (TPSA) is 46.5 Å². The molecule has 1 N–H and O–H groups in total. The summed E-state index contributed by atoms with van der Waals surface area (Å²) in [6.45, 7) is 12.3. The Morgan fingerprint density at radius 3 is 2.16 bits per heavy atom. The highest BCUT2D eigenvalue weighted by atomic mass is 16.5. The molecule has 1 aliphatic rings. The van der Waals surface area contributed by atoms with E-state index in [1.807, 2.05) is 18.2 Å². The van der Waals surface area contributed by atoms with Crippen molar-refractivity contribution in [2.45, 2.75) is 77.6 Å². The molecule has 3 rings (SSSR count). The van der Waals surface area contributed by atoms with Crippen LogP contribution in [0.25, 0.3) is 12.2 Å². The lowest BCUT2D eigenvalue weighted by atomic mass is 9.63. The van der Waals surface area contributed by atoms with E-state index in [1.54, 1.807) is 12.1 Å². The third-order valence-electron chi connectivity index (χ3n) is 6.60. The molecule has 0 radical (unpaired) electrons. The zero-order valence-corrected chi connectivity index (χ0v) is 19.6. The summed E-state index contributed by atoms with van der Waals surface area (Å²) in [5, 5.41) is 9.11. The van der Waals surface area contributed by atoms with Crippen LogP contribution in [0.2, 0.25) is 0 Å². The number of fused-ring (bicyclic) bond motifs is 1. The molecule has 0 saturated heterocycles. The van der Waals surface area contributed by atoms with E-state index in [0.29, 0.717) is 5.56 Å². The van der Waals surface area contributed by atoms with Crippen molar-refractivity contribution in [2.75, 3.05) is 6.61 Å². The second-order valence-corrected chi connectivity index (χ2v) is 10.0. The van der Waals surface area contributed by atoms with Gasteiger partial charge in [0, 0.05) is 5.56 Å². The predicted molar refractivity (Wildman–Crippen MR) is 129 cm³/mol. The first kappa shape index (κ1) is 23.1. The first-order chi connectivity index (χ1) is 14.6. The summed E-state index contributed by atoms with van der Waals surface area (Å²) in [5.74, 6) is 0.0388. The number of aromatic carboxylic acids is 1. The monoisotopic (exact) mass is 420 g/mol. The number of carbonyl (C=O) groups is 1. The number of unbranched alkanes of at least 4 members (excludes halogenated alkanes) is 2. The molecule has 2 aromatic rings. The van der Waals surface area contributed by atoms with Crippen LogP contribution >= 0.6 is 0 Å². The first-order valence-electron chi connectivity index (χ1n) is 11.5. The molecular formula is C28H36O3. The van der Waals surface area contributed by atoms with Gasteiger partial charge in [-0.1, -0.05) is 71.7 Å². The minimum absolute atomic E-state index is 0.136. The van der Waals surface area contributed by atoms with Crippen LogP contribution < -0.4 is 4.74 Å². The van der Waals surface area contributed by atoms with Gasteiger partial charge < -0.3 is 9.84 Å². The van der Waals surface area contributed by atoms with E-state index in [2.05, 4.69) is 52.8 Å². The van der Waals surface area contributed by atoms with Crippen molar-refractivity contribution in [3.63, 3.8) is 0 Å². The molecule has 0 bridgehead atoms. The van der Waals surface area contributed by atoms with E-state index < -0.39 is 5.97 Å².